The molecule has 0 spiro atoms. The SMILES string of the molecule is Cc1nn(C(C)C)c(NCC2(O)CCC2)c1[N+](=O)[O-]. The van der Waals surface area contributed by atoms with Crippen molar-refractivity contribution < 1.29 is 10.0 Å². The highest BCUT2D eigenvalue weighted by Gasteiger charge is 2.36. The van der Waals surface area contributed by atoms with Gasteiger partial charge in [-0.15, -0.1) is 0 Å². The van der Waals surface area contributed by atoms with Crippen LogP contribution in [0.15, 0.2) is 0 Å². The Morgan fingerprint density at radius 1 is 1.58 bits per heavy atom. The number of nitro groups is 1. The molecule has 2 N–H and O–H groups in total. The molecule has 1 aliphatic carbocycles. The zero-order valence-corrected chi connectivity index (χ0v) is 11.5. The van der Waals surface area contributed by atoms with Crippen LogP contribution in [-0.4, -0.2) is 32.0 Å². The topological polar surface area (TPSA) is 93.2 Å². The van der Waals surface area contributed by atoms with E-state index in [1.807, 2.05) is 13.8 Å². The zero-order chi connectivity index (χ0) is 14.2. The molecule has 1 aliphatic rings. The van der Waals surface area contributed by atoms with Crippen molar-refractivity contribution in [1.82, 2.24) is 9.78 Å². The van der Waals surface area contributed by atoms with E-state index in [-0.39, 0.29) is 11.7 Å². The van der Waals surface area contributed by atoms with Crippen LogP contribution in [0.5, 0.6) is 0 Å². The second-order valence-corrected chi connectivity index (χ2v) is 5.51. The number of aromatic nitrogens is 2. The predicted octanol–water partition coefficient (Wildman–Crippen LogP) is 2.01. The molecule has 1 aromatic heterocycles. The molecule has 7 heteroatoms. The number of nitrogens with one attached hydrogen (secondary N) is 1. The summed E-state index contributed by atoms with van der Waals surface area (Å²) in [5.41, 5.74) is -0.341. The van der Waals surface area contributed by atoms with Crippen molar-refractivity contribution in [1.29, 1.82) is 0 Å². The van der Waals surface area contributed by atoms with Crippen LogP contribution in [0.2, 0.25) is 0 Å². The summed E-state index contributed by atoms with van der Waals surface area (Å²) in [5, 5.41) is 28.4. The number of hydrogen-bond donors (Lipinski definition) is 2. The van der Waals surface area contributed by atoms with Gasteiger partial charge in [-0.25, -0.2) is 4.68 Å². The Morgan fingerprint density at radius 3 is 2.63 bits per heavy atom. The van der Waals surface area contributed by atoms with Crippen molar-refractivity contribution in [3.8, 4) is 0 Å². The van der Waals surface area contributed by atoms with Gasteiger partial charge in [-0.05, 0) is 40.0 Å². The van der Waals surface area contributed by atoms with E-state index in [0.29, 0.717) is 18.1 Å². The minimum Gasteiger partial charge on any atom is -0.388 e. The van der Waals surface area contributed by atoms with Gasteiger partial charge in [0.2, 0.25) is 5.82 Å². The van der Waals surface area contributed by atoms with Crippen LogP contribution < -0.4 is 5.32 Å². The standard InChI is InChI=1S/C12H20N4O3/c1-8(2)15-11(10(16(18)19)9(3)14-15)13-7-12(17)5-4-6-12/h8,13,17H,4-7H2,1-3H3. The molecule has 1 heterocycles. The van der Waals surface area contributed by atoms with E-state index in [1.54, 1.807) is 11.6 Å². The third kappa shape index (κ3) is 2.56. The van der Waals surface area contributed by atoms with Gasteiger partial charge in [-0.1, -0.05) is 0 Å². The monoisotopic (exact) mass is 268 g/mol. The molecule has 0 aliphatic heterocycles. The van der Waals surface area contributed by atoms with Crippen molar-refractivity contribution in [3.05, 3.63) is 15.8 Å². The fourth-order valence-electron chi connectivity index (χ4n) is 2.31. The number of rotatable bonds is 5. The third-order valence-corrected chi connectivity index (χ3v) is 3.59. The van der Waals surface area contributed by atoms with Crippen LogP contribution in [0, 0.1) is 17.0 Å². The Bertz CT molecular complexity index is 491. The first kappa shape index (κ1) is 13.8. The van der Waals surface area contributed by atoms with Gasteiger partial charge in [0.15, 0.2) is 0 Å². The second kappa shape index (κ2) is 4.80. The Kier molecular flexibility index (Phi) is 3.49. The molecular formula is C12H20N4O3. The lowest BCUT2D eigenvalue weighted by atomic mass is 9.80. The molecule has 7 nitrogen and oxygen atoms in total. The Labute approximate surface area is 111 Å². The molecule has 1 fully saturated rings. The lowest BCUT2D eigenvalue weighted by molar-refractivity contribution is -0.384. The van der Waals surface area contributed by atoms with Crippen LogP contribution in [0.1, 0.15) is 44.8 Å². The maximum absolute atomic E-state index is 11.1. The second-order valence-electron chi connectivity index (χ2n) is 5.51. The zero-order valence-electron chi connectivity index (χ0n) is 11.5. The first-order valence-corrected chi connectivity index (χ1v) is 6.54. The van der Waals surface area contributed by atoms with Crippen molar-refractivity contribution in [2.24, 2.45) is 0 Å². The van der Waals surface area contributed by atoms with E-state index >= 15 is 0 Å². The van der Waals surface area contributed by atoms with Crippen LogP contribution in [0.25, 0.3) is 0 Å². The number of anilines is 1. The van der Waals surface area contributed by atoms with Gasteiger partial charge in [0.05, 0.1) is 10.5 Å². The van der Waals surface area contributed by atoms with Gasteiger partial charge in [0.25, 0.3) is 0 Å². The average Bonchev–Trinajstić information content (AvgIpc) is 2.61. The van der Waals surface area contributed by atoms with Crippen LogP contribution in [-0.2, 0) is 0 Å². The van der Waals surface area contributed by atoms with E-state index in [1.165, 1.54) is 0 Å². The average molecular weight is 268 g/mol. The molecule has 0 radical (unpaired) electrons. The van der Waals surface area contributed by atoms with Crippen LogP contribution >= 0.6 is 0 Å². The number of hydrogen-bond acceptors (Lipinski definition) is 5. The Balaban J connectivity index is 2.27. The number of aryl methyl sites for hydroxylation is 1. The highest BCUT2D eigenvalue weighted by Crippen LogP contribution is 2.35. The normalized spacial score (nSPS) is 17.3. The minimum absolute atomic E-state index is 0.00313. The fourth-order valence-corrected chi connectivity index (χ4v) is 2.31. The summed E-state index contributed by atoms with van der Waals surface area (Å²) in [5.74, 6) is 0.387. The quantitative estimate of drug-likeness (QED) is 0.629. The Morgan fingerprint density at radius 2 is 2.21 bits per heavy atom. The smallest absolute Gasteiger partial charge is 0.333 e. The lowest BCUT2D eigenvalue weighted by Crippen LogP contribution is -2.43. The number of nitrogens with zero attached hydrogens (tertiary/aromatic N) is 3. The molecule has 2 rings (SSSR count). The molecule has 0 saturated heterocycles. The maximum Gasteiger partial charge on any atom is 0.333 e. The molecule has 0 aromatic carbocycles. The van der Waals surface area contributed by atoms with Crippen molar-refractivity contribution in [2.75, 3.05) is 11.9 Å². The van der Waals surface area contributed by atoms with Crippen LogP contribution in [0.4, 0.5) is 11.5 Å². The summed E-state index contributed by atoms with van der Waals surface area (Å²) in [7, 11) is 0. The summed E-state index contributed by atoms with van der Waals surface area (Å²) in [6, 6.07) is 0.0194. The molecule has 1 aromatic rings. The van der Waals surface area contributed by atoms with Crippen molar-refractivity contribution in [3.63, 3.8) is 0 Å². The van der Waals surface area contributed by atoms with Gasteiger partial charge in [0, 0.05) is 12.6 Å². The predicted molar refractivity (Wildman–Crippen MR) is 71.3 cm³/mol. The molecule has 106 valence electrons. The number of aliphatic hydroxyl groups is 1. The van der Waals surface area contributed by atoms with Crippen molar-refractivity contribution in [2.45, 2.75) is 51.7 Å². The Hall–Kier alpha value is -1.63. The summed E-state index contributed by atoms with van der Waals surface area (Å²) >= 11 is 0. The largest absolute Gasteiger partial charge is 0.388 e. The highest BCUT2D eigenvalue weighted by molar-refractivity contribution is 5.60. The van der Waals surface area contributed by atoms with E-state index in [9.17, 15) is 15.2 Å². The third-order valence-electron chi connectivity index (χ3n) is 3.59. The van der Waals surface area contributed by atoms with E-state index in [2.05, 4.69) is 10.4 Å². The van der Waals surface area contributed by atoms with E-state index < -0.39 is 10.5 Å². The van der Waals surface area contributed by atoms with E-state index in [4.69, 9.17) is 0 Å². The summed E-state index contributed by atoms with van der Waals surface area (Å²) in [6.45, 7) is 5.78. The molecule has 1 saturated carbocycles. The lowest BCUT2D eigenvalue weighted by Gasteiger charge is -2.36. The van der Waals surface area contributed by atoms with Gasteiger partial charge < -0.3 is 10.4 Å². The fraction of sp³-hybridized carbons (Fsp3) is 0.750. The van der Waals surface area contributed by atoms with Gasteiger partial charge in [-0.3, -0.25) is 10.1 Å². The van der Waals surface area contributed by atoms with Gasteiger partial charge in [0.1, 0.15) is 5.69 Å². The molecule has 0 atom stereocenters. The molecule has 0 bridgehead atoms. The molecule has 0 unspecified atom stereocenters. The molecule has 19 heavy (non-hydrogen) atoms. The molecular weight excluding hydrogens is 248 g/mol. The maximum atomic E-state index is 11.1. The summed E-state index contributed by atoms with van der Waals surface area (Å²) < 4.78 is 1.61. The van der Waals surface area contributed by atoms with E-state index in [0.717, 1.165) is 19.3 Å². The van der Waals surface area contributed by atoms with Gasteiger partial charge >= 0.3 is 5.69 Å². The highest BCUT2D eigenvalue weighted by atomic mass is 16.6. The van der Waals surface area contributed by atoms with Crippen LogP contribution in [0.3, 0.4) is 0 Å². The minimum atomic E-state index is -0.728. The van der Waals surface area contributed by atoms with Gasteiger partial charge in [-0.2, -0.15) is 5.10 Å². The first-order chi connectivity index (χ1) is 8.84. The summed E-state index contributed by atoms with van der Waals surface area (Å²) in [6.07, 6.45) is 2.48. The molecule has 0 amide bonds. The summed E-state index contributed by atoms with van der Waals surface area (Å²) in [4.78, 5) is 10.7. The van der Waals surface area contributed by atoms with Crippen molar-refractivity contribution >= 4 is 11.5 Å². The first-order valence-electron chi connectivity index (χ1n) is 6.54.